The molecule has 0 spiro atoms. The molecule has 3 heterocycles. The summed E-state index contributed by atoms with van der Waals surface area (Å²) in [6.07, 6.45) is 4.17. The molecule has 0 atom stereocenters. The summed E-state index contributed by atoms with van der Waals surface area (Å²) in [5, 5.41) is 5.90. The topological polar surface area (TPSA) is 45.2 Å². The lowest BCUT2D eigenvalue weighted by Crippen LogP contribution is -2.19. The van der Waals surface area contributed by atoms with Crippen molar-refractivity contribution in [2.75, 3.05) is 23.3 Å². The highest BCUT2D eigenvalue weighted by molar-refractivity contribution is 7.22. The predicted molar refractivity (Wildman–Crippen MR) is 106 cm³/mol. The molecule has 1 amide bonds. The SMILES string of the molecule is Cc1cc(NC(=O)c2cnc(-c3cccs3)s2)ccc1N1CCCC1. The first-order chi connectivity index (χ1) is 12.2. The van der Waals surface area contributed by atoms with Gasteiger partial charge in [0.1, 0.15) is 9.88 Å². The lowest BCUT2D eigenvalue weighted by Gasteiger charge is -2.20. The molecule has 1 aromatic carbocycles. The van der Waals surface area contributed by atoms with E-state index >= 15 is 0 Å². The van der Waals surface area contributed by atoms with Gasteiger partial charge in [0.25, 0.3) is 5.91 Å². The van der Waals surface area contributed by atoms with Crippen LogP contribution < -0.4 is 10.2 Å². The summed E-state index contributed by atoms with van der Waals surface area (Å²) in [6, 6.07) is 10.2. The van der Waals surface area contributed by atoms with Gasteiger partial charge in [-0.05, 0) is 55.0 Å². The van der Waals surface area contributed by atoms with Gasteiger partial charge in [0.05, 0.1) is 11.1 Å². The molecule has 0 radical (unpaired) electrons. The number of aromatic nitrogens is 1. The van der Waals surface area contributed by atoms with Crippen molar-refractivity contribution in [2.45, 2.75) is 19.8 Å². The number of thiophene rings is 1. The van der Waals surface area contributed by atoms with E-state index in [2.05, 4.69) is 28.2 Å². The van der Waals surface area contributed by atoms with Gasteiger partial charge < -0.3 is 10.2 Å². The molecular formula is C19H19N3OS2. The maximum atomic E-state index is 12.5. The number of benzene rings is 1. The fourth-order valence-electron chi connectivity index (χ4n) is 3.13. The second-order valence-corrected chi connectivity index (χ2v) is 8.13. The first-order valence-electron chi connectivity index (χ1n) is 8.37. The van der Waals surface area contributed by atoms with Crippen LogP contribution in [-0.4, -0.2) is 24.0 Å². The summed E-state index contributed by atoms with van der Waals surface area (Å²) >= 11 is 3.06. The molecule has 4 nitrogen and oxygen atoms in total. The van der Waals surface area contributed by atoms with Gasteiger partial charge in [0.2, 0.25) is 0 Å². The summed E-state index contributed by atoms with van der Waals surface area (Å²) in [5.41, 5.74) is 3.30. The van der Waals surface area contributed by atoms with Crippen molar-refractivity contribution in [1.29, 1.82) is 0 Å². The number of carbonyl (C=O) groups excluding carboxylic acids is 1. The van der Waals surface area contributed by atoms with Crippen LogP contribution in [0, 0.1) is 6.92 Å². The van der Waals surface area contributed by atoms with Crippen LogP contribution in [0.3, 0.4) is 0 Å². The third-order valence-electron chi connectivity index (χ3n) is 4.36. The Bertz CT molecular complexity index is 880. The molecule has 1 fully saturated rings. The summed E-state index contributed by atoms with van der Waals surface area (Å²) in [6.45, 7) is 4.35. The minimum atomic E-state index is -0.103. The highest BCUT2D eigenvalue weighted by Gasteiger charge is 2.16. The van der Waals surface area contributed by atoms with E-state index in [1.165, 1.54) is 35.4 Å². The van der Waals surface area contributed by atoms with Crippen LogP contribution in [-0.2, 0) is 0 Å². The molecule has 2 aromatic heterocycles. The molecule has 25 heavy (non-hydrogen) atoms. The smallest absolute Gasteiger partial charge is 0.267 e. The number of hydrogen-bond donors (Lipinski definition) is 1. The lowest BCUT2D eigenvalue weighted by molar-refractivity contribution is 0.103. The minimum Gasteiger partial charge on any atom is -0.371 e. The molecule has 1 aliphatic heterocycles. The summed E-state index contributed by atoms with van der Waals surface area (Å²) in [5.74, 6) is -0.103. The van der Waals surface area contributed by atoms with E-state index in [4.69, 9.17) is 0 Å². The van der Waals surface area contributed by atoms with Crippen LogP contribution in [0.25, 0.3) is 9.88 Å². The molecule has 1 aliphatic rings. The Kier molecular flexibility index (Phi) is 4.55. The monoisotopic (exact) mass is 369 g/mol. The zero-order valence-electron chi connectivity index (χ0n) is 14.0. The van der Waals surface area contributed by atoms with Gasteiger partial charge in [-0.3, -0.25) is 4.79 Å². The van der Waals surface area contributed by atoms with E-state index in [1.54, 1.807) is 17.5 Å². The van der Waals surface area contributed by atoms with Crippen molar-refractivity contribution < 1.29 is 4.79 Å². The van der Waals surface area contributed by atoms with Gasteiger partial charge in [-0.25, -0.2) is 4.98 Å². The molecule has 3 aromatic rings. The van der Waals surface area contributed by atoms with Crippen LogP contribution in [0.4, 0.5) is 11.4 Å². The molecule has 1 saturated heterocycles. The highest BCUT2D eigenvalue weighted by atomic mass is 32.1. The van der Waals surface area contributed by atoms with E-state index in [-0.39, 0.29) is 5.91 Å². The van der Waals surface area contributed by atoms with E-state index in [9.17, 15) is 4.79 Å². The van der Waals surface area contributed by atoms with Gasteiger partial charge in [-0.15, -0.1) is 22.7 Å². The standard InChI is InChI=1S/C19H19N3OS2/c1-13-11-14(6-7-15(13)22-8-2-3-9-22)21-18(23)17-12-20-19(25-17)16-5-4-10-24-16/h4-7,10-12H,2-3,8-9H2,1H3,(H,21,23). The maximum absolute atomic E-state index is 12.5. The highest BCUT2D eigenvalue weighted by Crippen LogP contribution is 2.30. The second kappa shape index (κ2) is 6.98. The Morgan fingerprint density at radius 3 is 2.80 bits per heavy atom. The predicted octanol–water partition coefficient (Wildman–Crippen LogP) is 5.03. The molecule has 0 saturated carbocycles. The zero-order valence-corrected chi connectivity index (χ0v) is 15.6. The third kappa shape index (κ3) is 3.45. The lowest BCUT2D eigenvalue weighted by atomic mass is 10.1. The Hall–Kier alpha value is -2.18. The molecule has 0 bridgehead atoms. The van der Waals surface area contributed by atoms with Crippen molar-refractivity contribution in [3.05, 3.63) is 52.3 Å². The quantitative estimate of drug-likeness (QED) is 0.701. The second-order valence-electron chi connectivity index (χ2n) is 6.16. The molecule has 0 unspecified atom stereocenters. The maximum Gasteiger partial charge on any atom is 0.267 e. The molecular weight excluding hydrogens is 350 g/mol. The van der Waals surface area contributed by atoms with Crippen molar-refractivity contribution >= 4 is 40.0 Å². The normalized spacial score (nSPS) is 14.0. The van der Waals surface area contributed by atoms with Crippen LogP contribution >= 0.6 is 22.7 Å². The summed E-state index contributed by atoms with van der Waals surface area (Å²) in [7, 11) is 0. The van der Waals surface area contributed by atoms with Crippen LogP contribution in [0.15, 0.2) is 41.9 Å². The number of hydrogen-bond acceptors (Lipinski definition) is 5. The number of nitrogens with zero attached hydrogens (tertiary/aromatic N) is 2. The van der Waals surface area contributed by atoms with Crippen molar-refractivity contribution in [2.24, 2.45) is 0 Å². The van der Waals surface area contributed by atoms with Crippen LogP contribution in [0.1, 0.15) is 28.1 Å². The van der Waals surface area contributed by atoms with Crippen molar-refractivity contribution in [3.8, 4) is 9.88 Å². The van der Waals surface area contributed by atoms with E-state index in [0.717, 1.165) is 28.7 Å². The molecule has 1 N–H and O–H groups in total. The number of amides is 1. The Balaban J connectivity index is 1.48. The largest absolute Gasteiger partial charge is 0.371 e. The fourth-order valence-corrected chi connectivity index (χ4v) is 4.75. The summed E-state index contributed by atoms with van der Waals surface area (Å²) in [4.78, 5) is 21.0. The Labute approximate surface area is 155 Å². The Morgan fingerprint density at radius 2 is 2.08 bits per heavy atom. The number of nitrogens with one attached hydrogen (secondary N) is 1. The fraction of sp³-hybridized carbons (Fsp3) is 0.263. The van der Waals surface area contributed by atoms with Crippen LogP contribution in [0.5, 0.6) is 0 Å². The number of thiazole rings is 1. The van der Waals surface area contributed by atoms with E-state index in [0.29, 0.717) is 4.88 Å². The van der Waals surface area contributed by atoms with Crippen molar-refractivity contribution in [3.63, 3.8) is 0 Å². The minimum absolute atomic E-state index is 0.103. The Morgan fingerprint density at radius 1 is 1.24 bits per heavy atom. The van der Waals surface area contributed by atoms with Gasteiger partial charge in [0, 0.05) is 24.5 Å². The summed E-state index contributed by atoms with van der Waals surface area (Å²) < 4.78 is 0. The van der Waals surface area contributed by atoms with E-state index in [1.807, 2.05) is 29.6 Å². The molecule has 6 heteroatoms. The van der Waals surface area contributed by atoms with Gasteiger partial charge in [-0.1, -0.05) is 6.07 Å². The first-order valence-corrected chi connectivity index (χ1v) is 10.1. The van der Waals surface area contributed by atoms with Gasteiger partial charge in [-0.2, -0.15) is 0 Å². The average Bonchev–Trinajstić information content (AvgIpc) is 3.35. The molecule has 0 aliphatic carbocycles. The number of anilines is 2. The number of aryl methyl sites for hydroxylation is 1. The van der Waals surface area contributed by atoms with Crippen molar-refractivity contribution in [1.82, 2.24) is 4.98 Å². The van der Waals surface area contributed by atoms with Gasteiger partial charge >= 0.3 is 0 Å². The van der Waals surface area contributed by atoms with Gasteiger partial charge in [0.15, 0.2) is 0 Å². The number of carbonyl (C=O) groups is 1. The first kappa shape index (κ1) is 16.3. The van der Waals surface area contributed by atoms with E-state index < -0.39 is 0 Å². The number of rotatable bonds is 4. The third-order valence-corrected chi connectivity index (χ3v) is 6.40. The molecule has 128 valence electrons. The average molecular weight is 370 g/mol. The molecule has 4 rings (SSSR count). The zero-order chi connectivity index (χ0) is 17.2. The van der Waals surface area contributed by atoms with Crippen LogP contribution in [0.2, 0.25) is 0 Å².